The zero-order valence-corrected chi connectivity index (χ0v) is 16.8. The SMILES string of the molecule is CCCOc1ccc(-c2ccc(-c3noc(-c4ccc(OC)c(F)c4)n3)cc2)cc1. The first-order valence-electron chi connectivity index (χ1n) is 9.69. The Morgan fingerprint density at radius 1 is 0.867 bits per heavy atom. The Balaban J connectivity index is 1.51. The largest absolute Gasteiger partial charge is 0.494 e. The highest BCUT2D eigenvalue weighted by molar-refractivity contribution is 5.68. The Bertz CT molecular complexity index is 1120. The summed E-state index contributed by atoms with van der Waals surface area (Å²) in [6.45, 7) is 2.79. The van der Waals surface area contributed by atoms with Crippen LogP contribution in [0, 0.1) is 5.82 Å². The smallest absolute Gasteiger partial charge is 0.258 e. The lowest BCUT2D eigenvalue weighted by atomic mass is 10.0. The van der Waals surface area contributed by atoms with Crippen molar-refractivity contribution in [2.75, 3.05) is 13.7 Å². The van der Waals surface area contributed by atoms with Gasteiger partial charge in [-0.3, -0.25) is 0 Å². The Morgan fingerprint density at radius 3 is 2.13 bits per heavy atom. The van der Waals surface area contributed by atoms with E-state index in [9.17, 15) is 4.39 Å². The number of halogens is 1. The van der Waals surface area contributed by atoms with E-state index in [1.807, 2.05) is 48.5 Å². The molecule has 30 heavy (non-hydrogen) atoms. The molecule has 1 aromatic heterocycles. The van der Waals surface area contributed by atoms with Crippen molar-refractivity contribution in [3.8, 4) is 45.5 Å². The van der Waals surface area contributed by atoms with Gasteiger partial charge in [-0.25, -0.2) is 4.39 Å². The highest BCUT2D eigenvalue weighted by Gasteiger charge is 2.13. The van der Waals surface area contributed by atoms with Crippen LogP contribution in [0.25, 0.3) is 34.0 Å². The van der Waals surface area contributed by atoms with Crippen LogP contribution in [0.15, 0.2) is 71.3 Å². The lowest BCUT2D eigenvalue weighted by molar-refractivity contribution is 0.317. The fraction of sp³-hybridized carbons (Fsp3) is 0.167. The third-order valence-corrected chi connectivity index (χ3v) is 4.63. The van der Waals surface area contributed by atoms with Crippen LogP contribution in [0.2, 0.25) is 0 Å². The molecule has 0 aliphatic heterocycles. The number of hydrogen-bond acceptors (Lipinski definition) is 5. The average molecular weight is 404 g/mol. The van der Waals surface area contributed by atoms with Gasteiger partial charge in [0.2, 0.25) is 5.82 Å². The van der Waals surface area contributed by atoms with E-state index in [1.54, 1.807) is 6.07 Å². The van der Waals surface area contributed by atoms with Gasteiger partial charge in [-0.1, -0.05) is 48.5 Å². The highest BCUT2D eigenvalue weighted by Crippen LogP contribution is 2.28. The van der Waals surface area contributed by atoms with Gasteiger partial charge in [-0.2, -0.15) is 4.98 Å². The minimum atomic E-state index is -0.481. The number of ether oxygens (including phenoxy) is 2. The van der Waals surface area contributed by atoms with Crippen molar-refractivity contribution in [1.29, 1.82) is 0 Å². The molecule has 0 N–H and O–H groups in total. The van der Waals surface area contributed by atoms with E-state index in [2.05, 4.69) is 17.1 Å². The topological polar surface area (TPSA) is 57.4 Å². The molecular weight excluding hydrogens is 383 g/mol. The molecule has 152 valence electrons. The predicted octanol–water partition coefficient (Wildman–Crippen LogP) is 6.01. The standard InChI is InChI=1S/C24H21FN2O3/c1-3-14-29-20-11-8-17(9-12-20)16-4-6-18(7-5-16)23-26-24(30-27-23)19-10-13-22(28-2)21(25)15-19/h4-13,15H,3,14H2,1-2H3. The van der Waals surface area contributed by atoms with Crippen molar-refractivity contribution in [3.05, 3.63) is 72.5 Å². The van der Waals surface area contributed by atoms with Gasteiger partial charge in [0.15, 0.2) is 11.6 Å². The molecule has 6 heteroatoms. The van der Waals surface area contributed by atoms with Gasteiger partial charge >= 0.3 is 0 Å². The maximum Gasteiger partial charge on any atom is 0.258 e. The lowest BCUT2D eigenvalue weighted by Gasteiger charge is -2.06. The van der Waals surface area contributed by atoms with E-state index in [1.165, 1.54) is 19.2 Å². The molecule has 0 saturated carbocycles. The zero-order chi connectivity index (χ0) is 20.9. The van der Waals surface area contributed by atoms with Crippen molar-refractivity contribution < 1.29 is 18.4 Å². The first-order chi connectivity index (χ1) is 14.7. The monoisotopic (exact) mass is 404 g/mol. The number of rotatable bonds is 7. The average Bonchev–Trinajstić information content (AvgIpc) is 3.28. The second-order valence-corrected chi connectivity index (χ2v) is 6.72. The summed E-state index contributed by atoms with van der Waals surface area (Å²) in [4.78, 5) is 4.39. The van der Waals surface area contributed by atoms with Gasteiger partial charge in [0.1, 0.15) is 5.75 Å². The molecule has 0 spiro atoms. The summed E-state index contributed by atoms with van der Waals surface area (Å²) in [7, 11) is 1.42. The molecule has 0 atom stereocenters. The van der Waals surface area contributed by atoms with Crippen LogP contribution in [-0.2, 0) is 0 Å². The van der Waals surface area contributed by atoms with E-state index in [4.69, 9.17) is 14.0 Å². The number of aromatic nitrogens is 2. The minimum Gasteiger partial charge on any atom is -0.494 e. The molecule has 0 radical (unpaired) electrons. The molecule has 0 saturated heterocycles. The van der Waals surface area contributed by atoms with Gasteiger partial charge in [-0.05, 0) is 47.9 Å². The van der Waals surface area contributed by atoms with Crippen LogP contribution in [-0.4, -0.2) is 23.9 Å². The molecule has 0 aliphatic carbocycles. The van der Waals surface area contributed by atoms with E-state index in [0.717, 1.165) is 28.9 Å². The molecule has 0 fully saturated rings. The Kier molecular flexibility index (Phi) is 5.75. The second-order valence-electron chi connectivity index (χ2n) is 6.72. The Hall–Kier alpha value is -3.67. The van der Waals surface area contributed by atoms with E-state index in [0.29, 0.717) is 18.0 Å². The summed E-state index contributed by atoms with van der Waals surface area (Å²) in [5.41, 5.74) is 3.47. The van der Waals surface area contributed by atoms with Gasteiger partial charge in [-0.15, -0.1) is 0 Å². The van der Waals surface area contributed by atoms with Crippen LogP contribution >= 0.6 is 0 Å². The zero-order valence-electron chi connectivity index (χ0n) is 16.8. The summed E-state index contributed by atoms with van der Waals surface area (Å²) in [5, 5.41) is 4.02. The Labute approximate surface area is 174 Å². The summed E-state index contributed by atoms with van der Waals surface area (Å²) in [6.07, 6.45) is 0.981. The first-order valence-corrected chi connectivity index (χ1v) is 9.69. The fourth-order valence-electron chi connectivity index (χ4n) is 3.03. The number of nitrogens with zero attached hydrogens (tertiary/aromatic N) is 2. The third-order valence-electron chi connectivity index (χ3n) is 4.63. The van der Waals surface area contributed by atoms with Crippen LogP contribution < -0.4 is 9.47 Å². The Morgan fingerprint density at radius 2 is 1.50 bits per heavy atom. The lowest BCUT2D eigenvalue weighted by Crippen LogP contribution is -1.94. The molecule has 0 unspecified atom stereocenters. The van der Waals surface area contributed by atoms with Crippen LogP contribution in [0.4, 0.5) is 4.39 Å². The molecule has 5 nitrogen and oxygen atoms in total. The van der Waals surface area contributed by atoms with Gasteiger partial charge in [0, 0.05) is 11.1 Å². The summed E-state index contributed by atoms with van der Waals surface area (Å²) >= 11 is 0. The van der Waals surface area contributed by atoms with Crippen molar-refractivity contribution in [2.24, 2.45) is 0 Å². The molecular formula is C24H21FN2O3. The van der Waals surface area contributed by atoms with Crippen molar-refractivity contribution in [3.63, 3.8) is 0 Å². The van der Waals surface area contributed by atoms with Crippen molar-refractivity contribution in [2.45, 2.75) is 13.3 Å². The number of methoxy groups -OCH3 is 1. The quantitative estimate of drug-likeness (QED) is 0.378. The normalized spacial score (nSPS) is 10.8. The summed E-state index contributed by atoms with van der Waals surface area (Å²) < 4.78 is 29.8. The van der Waals surface area contributed by atoms with Gasteiger partial charge < -0.3 is 14.0 Å². The fourth-order valence-corrected chi connectivity index (χ4v) is 3.03. The molecule has 3 aromatic carbocycles. The molecule has 1 heterocycles. The molecule has 4 rings (SSSR count). The summed E-state index contributed by atoms with van der Waals surface area (Å²) in [5.74, 6) is 1.24. The van der Waals surface area contributed by atoms with Crippen LogP contribution in [0.3, 0.4) is 0 Å². The van der Waals surface area contributed by atoms with E-state index >= 15 is 0 Å². The first kappa shape index (κ1) is 19.6. The van der Waals surface area contributed by atoms with Gasteiger partial charge in [0.05, 0.1) is 13.7 Å². The molecule has 0 aliphatic rings. The molecule has 0 bridgehead atoms. The van der Waals surface area contributed by atoms with E-state index in [-0.39, 0.29) is 11.6 Å². The number of hydrogen-bond donors (Lipinski definition) is 0. The van der Waals surface area contributed by atoms with Crippen molar-refractivity contribution in [1.82, 2.24) is 10.1 Å². The third kappa shape index (κ3) is 4.17. The maximum absolute atomic E-state index is 13.9. The molecule has 4 aromatic rings. The maximum atomic E-state index is 13.9. The second kappa shape index (κ2) is 8.78. The number of benzene rings is 3. The highest BCUT2D eigenvalue weighted by atomic mass is 19.1. The summed E-state index contributed by atoms with van der Waals surface area (Å²) in [6, 6.07) is 20.4. The van der Waals surface area contributed by atoms with Gasteiger partial charge in [0.25, 0.3) is 5.89 Å². The van der Waals surface area contributed by atoms with Crippen molar-refractivity contribution >= 4 is 0 Å². The van der Waals surface area contributed by atoms with Crippen LogP contribution in [0.5, 0.6) is 11.5 Å². The van der Waals surface area contributed by atoms with E-state index < -0.39 is 5.82 Å². The minimum absolute atomic E-state index is 0.166. The molecule has 0 amide bonds. The predicted molar refractivity (Wildman–Crippen MR) is 113 cm³/mol. The van der Waals surface area contributed by atoms with Crippen LogP contribution in [0.1, 0.15) is 13.3 Å².